The topological polar surface area (TPSA) is 49.8 Å². The lowest BCUT2D eigenvalue weighted by molar-refractivity contribution is 0.0255. The van der Waals surface area contributed by atoms with Crippen molar-refractivity contribution >= 4 is 6.09 Å². The van der Waals surface area contributed by atoms with Crippen LogP contribution in [0.3, 0.4) is 0 Å². The molecular weight excluding hydrogens is 206 g/mol. The molecule has 1 amide bonds. The highest BCUT2D eigenvalue weighted by Crippen LogP contribution is 2.36. The lowest BCUT2D eigenvalue weighted by Gasteiger charge is -2.27. The molecule has 0 aliphatic carbocycles. The second-order valence-electron chi connectivity index (χ2n) is 4.34. The molecule has 2 heterocycles. The Kier molecular flexibility index (Phi) is 2.11. The Morgan fingerprint density at radius 1 is 1.38 bits per heavy atom. The van der Waals surface area contributed by atoms with Gasteiger partial charge in [-0.15, -0.1) is 0 Å². The molecular formula is C12H13NO3. The zero-order chi connectivity index (χ0) is 11.1. The van der Waals surface area contributed by atoms with Gasteiger partial charge in [-0.05, 0) is 11.1 Å². The van der Waals surface area contributed by atoms with Crippen LogP contribution in [0, 0.1) is 0 Å². The summed E-state index contributed by atoms with van der Waals surface area (Å²) in [5.41, 5.74) is 2.44. The first kappa shape index (κ1) is 9.66. The number of benzene rings is 1. The van der Waals surface area contributed by atoms with Crippen LogP contribution in [-0.2, 0) is 11.3 Å². The van der Waals surface area contributed by atoms with E-state index in [-0.39, 0.29) is 12.0 Å². The maximum atomic E-state index is 10.9. The highest BCUT2D eigenvalue weighted by atomic mass is 16.5. The van der Waals surface area contributed by atoms with Crippen LogP contribution in [0.5, 0.6) is 0 Å². The summed E-state index contributed by atoms with van der Waals surface area (Å²) in [5.74, 6) is 0.209. The molecule has 2 unspecified atom stereocenters. The lowest BCUT2D eigenvalue weighted by atomic mass is 9.90. The van der Waals surface area contributed by atoms with E-state index in [1.165, 1.54) is 16.0 Å². The normalized spacial score (nSPS) is 27.4. The largest absolute Gasteiger partial charge is 0.465 e. The van der Waals surface area contributed by atoms with Gasteiger partial charge in [-0.1, -0.05) is 24.3 Å². The fourth-order valence-corrected chi connectivity index (χ4v) is 2.62. The number of ether oxygens (including phenoxy) is 1. The monoisotopic (exact) mass is 219 g/mol. The zero-order valence-corrected chi connectivity index (χ0v) is 8.80. The molecule has 0 aromatic heterocycles. The summed E-state index contributed by atoms with van der Waals surface area (Å²) in [4.78, 5) is 12.4. The standard InChI is InChI=1S/C12H13NO3/c14-12(15)13-5-10-9-4-2-1-3-8(9)7-16-11(10)6-13/h1-4,10-11H,5-7H2,(H,14,15). The van der Waals surface area contributed by atoms with E-state index in [9.17, 15) is 4.79 Å². The molecule has 16 heavy (non-hydrogen) atoms. The van der Waals surface area contributed by atoms with Gasteiger partial charge in [0.05, 0.1) is 19.3 Å². The van der Waals surface area contributed by atoms with Crippen molar-refractivity contribution in [2.24, 2.45) is 0 Å². The minimum absolute atomic E-state index is 0.0333. The lowest BCUT2D eigenvalue weighted by Crippen LogP contribution is -2.28. The molecule has 1 aromatic rings. The molecule has 2 atom stereocenters. The molecule has 1 saturated heterocycles. The number of rotatable bonds is 0. The summed E-state index contributed by atoms with van der Waals surface area (Å²) in [6, 6.07) is 8.13. The van der Waals surface area contributed by atoms with E-state index in [2.05, 4.69) is 12.1 Å². The van der Waals surface area contributed by atoms with Gasteiger partial charge in [0.2, 0.25) is 0 Å². The summed E-state index contributed by atoms with van der Waals surface area (Å²) < 4.78 is 5.70. The van der Waals surface area contributed by atoms with E-state index in [0.717, 1.165) is 0 Å². The Balaban J connectivity index is 1.93. The second-order valence-corrected chi connectivity index (χ2v) is 4.34. The van der Waals surface area contributed by atoms with Gasteiger partial charge in [0.1, 0.15) is 0 Å². The Bertz CT molecular complexity index is 432. The van der Waals surface area contributed by atoms with Gasteiger partial charge in [-0.3, -0.25) is 0 Å². The molecule has 1 N–H and O–H groups in total. The smallest absolute Gasteiger partial charge is 0.407 e. The number of nitrogens with zero attached hydrogens (tertiary/aromatic N) is 1. The Hall–Kier alpha value is -1.55. The van der Waals surface area contributed by atoms with Crippen LogP contribution in [0.15, 0.2) is 24.3 Å². The summed E-state index contributed by atoms with van der Waals surface area (Å²) in [5, 5.41) is 8.98. The fourth-order valence-electron chi connectivity index (χ4n) is 2.62. The van der Waals surface area contributed by atoms with Crippen LogP contribution in [0.25, 0.3) is 0 Å². The minimum Gasteiger partial charge on any atom is -0.465 e. The van der Waals surface area contributed by atoms with Crippen LogP contribution in [-0.4, -0.2) is 35.3 Å². The highest BCUT2D eigenvalue weighted by Gasteiger charge is 2.40. The Morgan fingerprint density at radius 3 is 3.00 bits per heavy atom. The van der Waals surface area contributed by atoms with Gasteiger partial charge < -0.3 is 14.7 Å². The second kappa shape index (κ2) is 3.49. The predicted octanol–water partition coefficient (Wildman–Crippen LogP) is 1.66. The first-order valence-electron chi connectivity index (χ1n) is 5.43. The maximum absolute atomic E-state index is 10.9. The van der Waals surface area contributed by atoms with E-state index in [1.807, 2.05) is 12.1 Å². The number of hydrogen-bond donors (Lipinski definition) is 1. The van der Waals surface area contributed by atoms with Crippen LogP contribution < -0.4 is 0 Å². The first-order chi connectivity index (χ1) is 7.75. The van der Waals surface area contributed by atoms with E-state index in [0.29, 0.717) is 19.7 Å². The number of fused-ring (bicyclic) bond motifs is 3. The minimum atomic E-state index is -0.851. The van der Waals surface area contributed by atoms with Crippen molar-refractivity contribution in [2.75, 3.05) is 13.1 Å². The van der Waals surface area contributed by atoms with Crippen molar-refractivity contribution in [3.8, 4) is 0 Å². The van der Waals surface area contributed by atoms with Gasteiger partial charge in [0.15, 0.2) is 0 Å². The van der Waals surface area contributed by atoms with Crippen LogP contribution in [0.2, 0.25) is 0 Å². The maximum Gasteiger partial charge on any atom is 0.407 e. The summed E-state index contributed by atoms with van der Waals surface area (Å²) in [6.45, 7) is 1.65. The molecule has 84 valence electrons. The average molecular weight is 219 g/mol. The summed E-state index contributed by atoms with van der Waals surface area (Å²) in [6.07, 6.45) is -0.818. The summed E-state index contributed by atoms with van der Waals surface area (Å²) >= 11 is 0. The molecule has 4 heteroatoms. The number of carbonyl (C=O) groups is 1. The van der Waals surface area contributed by atoms with Crippen molar-refractivity contribution in [2.45, 2.75) is 18.6 Å². The van der Waals surface area contributed by atoms with Crippen molar-refractivity contribution in [3.05, 3.63) is 35.4 Å². The van der Waals surface area contributed by atoms with E-state index < -0.39 is 6.09 Å². The first-order valence-corrected chi connectivity index (χ1v) is 5.43. The molecule has 4 nitrogen and oxygen atoms in total. The van der Waals surface area contributed by atoms with Crippen molar-refractivity contribution < 1.29 is 14.6 Å². The molecule has 3 rings (SSSR count). The Morgan fingerprint density at radius 2 is 2.19 bits per heavy atom. The van der Waals surface area contributed by atoms with Gasteiger partial charge >= 0.3 is 6.09 Å². The molecule has 2 aliphatic heterocycles. The molecule has 0 saturated carbocycles. The van der Waals surface area contributed by atoms with Crippen molar-refractivity contribution in [1.29, 1.82) is 0 Å². The van der Waals surface area contributed by atoms with Crippen LogP contribution in [0.1, 0.15) is 17.0 Å². The summed E-state index contributed by atoms with van der Waals surface area (Å²) in [7, 11) is 0. The van der Waals surface area contributed by atoms with Crippen LogP contribution >= 0.6 is 0 Å². The average Bonchev–Trinajstić information content (AvgIpc) is 2.73. The molecule has 1 fully saturated rings. The highest BCUT2D eigenvalue weighted by molar-refractivity contribution is 5.66. The van der Waals surface area contributed by atoms with Gasteiger partial charge in [0.25, 0.3) is 0 Å². The molecule has 2 aliphatic rings. The third kappa shape index (κ3) is 1.38. The Labute approximate surface area is 93.4 Å². The quantitative estimate of drug-likeness (QED) is 0.722. The molecule has 0 radical (unpaired) electrons. The fraction of sp³-hybridized carbons (Fsp3) is 0.417. The van der Waals surface area contributed by atoms with Gasteiger partial charge in [-0.25, -0.2) is 4.79 Å². The molecule has 0 bridgehead atoms. The van der Waals surface area contributed by atoms with Crippen molar-refractivity contribution in [1.82, 2.24) is 4.90 Å². The van der Waals surface area contributed by atoms with Crippen LogP contribution in [0.4, 0.5) is 4.79 Å². The van der Waals surface area contributed by atoms with E-state index in [4.69, 9.17) is 9.84 Å². The van der Waals surface area contributed by atoms with Gasteiger partial charge in [0, 0.05) is 12.5 Å². The zero-order valence-electron chi connectivity index (χ0n) is 8.80. The number of carboxylic acid groups (broad SMARTS) is 1. The molecule has 0 spiro atoms. The number of hydrogen-bond acceptors (Lipinski definition) is 2. The van der Waals surface area contributed by atoms with Gasteiger partial charge in [-0.2, -0.15) is 0 Å². The van der Waals surface area contributed by atoms with E-state index in [1.54, 1.807) is 0 Å². The molecule has 1 aromatic carbocycles. The predicted molar refractivity (Wildman–Crippen MR) is 57.4 cm³/mol. The third-order valence-corrected chi connectivity index (χ3v) is 3.44. The number of amides is 1. The third-order valence-electron chi connectivity index (χ3n) is 3.44. The SMILES string of the molecule is O=C(O)N1CC2OCc3ccccc3C2C1. The van der Waals surface area contributed by atoms with Crippen molar-refractivity contribution in [3.63, 3.8) is 0 Å². The number of likely N-dealkylation sites (tertiary alicyclic amines) is 1. The van der Waals surface area contributed by atoms with E-state index >= 15 is 0 Å².